The molecule has 0 rings (SSSR count). The lowest BCUT2D eigenvalue weighted by Gasteiger charge is -2.23. The number of esters is 1. The Morgan fingerprint density at radius 1 is 0.576 bits per heavy atom. The van der Waals surface area contributed by atoms with Crippen molar-refractivity contribution in [3.05, 3.63) is 0 Å². The van der Waals surface area contributed by atoms with Crippen molar-refractivity contribution in [2.75, 3.05) is 33.3 Å². The molecular weight excluding hydrogens is 761 g/mol. The molecule has 0 aromatic carbocycles. The van der Waals surface area contributed by atoms with Gasteiger partial charge in [-0.25, -0.2) is 5.14 Å². The monoisotopic (exact) mass is 859 g/mol. The van der Waals surface area contributed by atoms with Gasteiger partial charge in [0.05, 0.1) is 12.7 Å². The molecule has 10 nitrogen and oxygen atoms in total. The number of carbonyl (C=O) groups excluding carboxylic acids is 1. The normalized spacial score (nSPS) is 12.8. The summed E-state index contributed by atoms with van der Waals surface area (Å²) in [6, 6.07) is 0. The first-order chi connectivity index (χ1) is 28.6. The molecule has 11 heteroatoms. The number of amidine groups is 1. The van der Waals surface area contributed by atoms with E-state index in [4.69, 9.17) is 14.6 Å². The molecule has 0 aromatic rings. The molecule has 0 aliphatic carbocycles. The number of hydrogen-bond acceptors (Lipinski definition) is 7. The Labute approximate surface area is 366 Å². The zero-order valence-electron chi connectivity index (χ0n) is 39.3. The number of rotatable bonds is 46. The van der Waals surface area contributed by atoms with Gasteiger partial charge in [-0.1, -0.05) is 175 Å². The van der Waals surface area contributed by atoms with E-state index in [9.17, 15) is 18.3 Å². The van der Waals surface area contributed by atoms with Crippen LogP contribution in [0.15, 0.2) is 4.40 Å². The first-order valence-electron chi connectivity index (χ1n) is 25.2. The Kier molecular flexibility index (Phi) is 42.4. The van der Waals surface area contributed by atoms with E-state index in [0.717, 1.165) is 122 Å². The topological polar surface area (TPSA) is 144 Å². The molecule has 59 heavy (non-hydrogen) atoms. The lowest BCUT2D eigenvalue weighted by Crippen LogP contribution is -2.28. The maximum absolute atomic E-state index is 12.1. The molecule has 0 spiro atoms. The van der Waals surface area contributed by atoms with E-state index < -0.39 is 16.5 Å². The van der Waals surface area contributed by atoms with Gasteiger partial charge in [-0.15, -0.1) is 4.40 Å². The van der Waals surface area contributed by atoms with Crippen molar-refractivity contribution in [2.45, 2.75) is 264 Å². The van der Waals surface area contributed by atoms with E-state index >= 15 is 0 Å². The molecule has 1 unspecified atom stereocenters. The van der Waals surface area contributed by atoms with Gasteiger partial charge in [-0.05, 0) is 83.8 Å². The van der Waals surface area contributed by atoms with Crippen molar-refractivity contribution in [2.24, 2.45) is 9.54 Å². The van der Waals surface area contributed by atoms with Gasteiger partial charge < -0.3 is 24.8 Å². The third-order valence-electron chi connectivity index (χ3n) is 11.6. The second-order valence-electron chi connectivity index (χ2n) is 17.3. The fourth-order valence-electron chi connectivity index (χ4n) is 7.85. The van der Waals surface area contributed by atoms with Crippen LogP contribution in [0.3, 0.4) is 0 Å². The fourth-order valence-corrected chi connectivity index (χ4v) is 8.34. The highest BCUT2D eigenvalue weighted by Gasteiger charge is 2.15. The standard InChI is InChI=1S/C48H98N4O6S/c1-5-8-11-14-17-26-35-44-57-47(53)39-29-22-18-24-32-41-52(43-34-31-38-46(50-4)51-59(49,55)56)42-33-25-19-23-30-40-48(54)58-45(36-27-20-15-12-9-6-2)37-28-21-16-13-10-7-3/h45,48,54H,5-44H2,1-4H3,(H,50,51)(H2,49,55,56). The maximum Gasteiger partial charge on any atom is 0.318 e. The summed E-state index contributed by atoms with van der Waals surface area (Å²) in [6.45, 7) is 10.4. The lowest BCUT2D eigenvalue weighted by molar-refractivity contribution is -0.144. The van der Waals surface area contributed by atoms with Crippen LogP contribution in [0.2, 0.25) is 0 Å². The third kappa shape index (κ3) is 43.2. The summed E-state index contributed by atoms with van der Waals surface area (Å²) in [5.41, 5.74) is 0. The first-order valence-corrected chi connectivity index (χ1v) is 26.7. The van der Waals surface area contributed by atoms with E-state index in [0.29, 0.717) is 25.3 Å². The Morgan fingerprint density at radius 3 is 1.44 bits per heavy atom. The molecule has 0 saturated heterocycles. The second-order valence-corrected chi connectivity index (χ2v) is 18.6. The van der Waals surface area contributed by atoms with Crippen LogP contribution in [0.1, 0.15) is 252 Å². The fraction of sp³-hybridized carbons (Fsp3) is 0.958. The van der Waals surface area contributed by atoms with Gasteiger partial charge in [0.2, 0.25) is 0 Å². The van der Waals surface area contributed by atoms with Crippen LogP contribution in [-0.4, -0.2) is 75.9 Å². The summed E-state index contributed by atoms with van der Waals surface area (Å²) in [5, 5.41) is 18.8. The van der Waals surface area contributed by atoms with E-state index in [2.05, 4.69) is 35.4 Å². The van der Waals surface area contributed by atoms with Crippen LogP contribution in [-0.2, 0) is 24.5 Å². The summed E-state index contributed by atoms with van der Waals surface area (Å²) >= 11 is 0. The molecule has 1 atom stereocenters. The Morgan fingerprint density at radius 2 is 0.966 bits per heavy atom. The number of aliphatic hydroxyl groups is 1. The second kappa shape index (κ2) is 43.4. The highest BCUT2D eigenvalue weighted by atomic mass is 32.2. The summed E-state index contributed by atoms with van der Waals surface area (Å²) in [4.78, 5) is 14.7. The molecule has 0 heterocycles. The molecule has 352 valence electrons. The third-order valence-corrected chi connectivity index (χ3v) is 12.0. The van der Waals surface area contributed by atoms with Gasteiger partial charge in [0.15, 0.2) is 6.29 Å². The van der Waals surface area contributed by atoms with E-state index in [1.807, 2.05) is 0 Å². The van der Waals surface area contributed by atoms with Crippen molar-refractivity contribution in [3.63, 3.8) is 0 Å². The minimum Gasteiger partial charge on any atom is -0.466 e. The molecule has 4 N–H and O–H groups in total. The Hall–Kier alpha value is -1.27. The number of nitrogens with zero attached hydrogens (tertiary/aromatic N) is 2. The number of nitrogens with two attached hydrogens (primary N) is 1. The molecule has 0 amide bonds. The minimum absolute atomic E-state index is 0.0477. The van der Waals surface area contributed by atoms with Crippen molar-refractivity contribution >= 4 is 22.0 Å². The molecule has 0 aliphatic heterocycles. The highest BCUT2D eigenvalue weighted by Crippen LogP contribution is 2.20. The van der Waals surface area contributed by atoms with Gasteiger partial charge >= 0.3 is 16.2 Å². The first kappa shape index (κ1) is 57.7. The zero-order chi connectivity index (χ0) is 43.5. The van der Waals surface area contributed by atoms with E-state index in [1.165, 1.54) is 116 Å². The number of hydrogen-bond donors (Lipinski definition) is 3. The van der Waals surface area contributed by atoms with Gasteiger partial charge in [-0.3, -0.25) is 4.79 Å². The summed E-state index contributed by atoms with van der Waals surface area (Å²) in [7, 11) is -2.23. The molecule has 0 fully saturated rings. The largest absolute Gasteiger partial charge is 0.466 e. The molecule has 0 bridgehead atoms. The Balaban J connectivity index is 4.54. The molecule has 0 saturated carbocycles. The minimum atomic E-state index is -3.90. The van der Waals surface area contributed by atoms with Crippen molar-refractivity contribution in [1.29, 1.82) is 0 Å². The molecule has 0 radical (unpaired) electrons. The molecular formula is C48H98N4O6S. The van der Waals surface area contributed by atoms with Crippen LogP contribution in [0, 0.1) is 0 Å². The molecule has 0 aromatic heterocycles. The summed E-state index contributed by atoms with van der Waals surface area (Å²) in [6.07, 6.45) is 40.3. The maximum atomic E-state index is 12.1. The predicted octanol–water partition coefficient (Wildman–Crippen LogP) is 12.5. The van der Waals surface area contributed by atoms with E-state index in [1.54, 1.807) is 7.05 Å². The van der Waals surface area contributed by atoms with Crippen LogP contribution < -0.4 is 10.5 Å². The Bertz CT molecular complexity index is 1030. The molecule has 0 aliphatic rings. The van der Waals surface area contributed by atoms with Gasteiger partial charge in [0.1, 0.15) is 5.84 Å². The quantitative estimate of drug-likeness (QED) is 0.0180. The average Bonchev–Trinajstić information content (AvgIpc) is 3.20. The zero-order valence-corrected chi connectivity index (χ0v) is 40.1. The highest BCUT2D eigenvalue weighted by molar-refractivity contribution is 7.88. The van der Waals surface area contributed by atoms with Crippen LogP contribution >= 0.6 is 0 Å². The lowest BCUT2D eigenvalue weighted by atomic mass is 10.0. The van der Waals surface area contributed by atoms with Crippen molar-refractivity contribution < 1.29 is 27.8 Å². The van der Waals surface area contributed by atoms with Crippen molar-refractivity contribution in [3.8, 4) is 0 Å². The number of nitrogens with one attached hydrogen (secondary N) is 1. The van der Waals surface area contributed by atoms with Crippen LogP contribution in [0.5, 0.6) is 0 Å². The number of unbranched alkanes of at least 4 members (excludes halogenated alkanes) is 25. The SMILES string of the molecule is CCCCCCCCCOC(=O)CCCCCCCN(CCCCCCCC(O)OC(CCCCCCCC)CCCCCCCC)CCCC/C(=N/S(N)(=O)=O)NC. The smallest absolute Gasteiger partial charge is 0.318 e. The summed E-state index contributed by atoms with van der Waals surface area (Å²) < 4.78 is 38.1. The van der Waals surface area contributed by atoms with Crippen molar-refractivity contribution in [1.82, 2.24) is 10.2 Å². The van der Waals surface area contributed by atoms with Crippen LogP contribution in [0.25, 0.3) is 0 Å². The average molecular weight is 859 g/mol. The van der Waals surface area contributed by atoms with Crippen LogP contribution in [0.4, 0.5) is 0 Å². The number of carbonyl (C=O) groups is 1. The number of ether oxygens (including phenoxy) is 2. The van der Waals surface area contributed by atoms with Gasteiger partial charge in [0.25, 0.3) is 0 Å². The van der Waals surface area contributed by atoms with E-state index in [-0.39, 0.29) is 12.1 Å². The predicted molar refractivity (Wildman–Crippen MR) is 251 cm³/mol. The van der Waals surface area contributed by atoms with Gasteiger partial charge in [-0.2, -0.15) is 8.42 Å². The summed E-state index contributed by atoms with van der Waals surface area (Å²) in [5.74, 6) is 0.357. The number of aliphatic hydroxyl groups excluding tert-OH is 1. The van der Waals surface area contributed by atoms with Gasteiger partial charge in [0, 0.05) is 19.9 Å².